The highest BCUT2D eigenvalue weighted by Gasteiger charge is 2.70. The Balaban J connectivity index is 1.25. The predicted molar refractivity (Wildman–Crippen MR) is 184 cm³/mol. The van der Waals surface area contributed by atoms with Crippen molar-refractivity contribution in [2.24, 2.45) is 51.2 Å². The molecule has 1 aromatic rings. The Morgan fingerprint density at radius 2 is 1.70 bits per heavy atom. The minimum absolute atomic E-state index is 0.0136. The first kappa shape index (κ1) is 32.7. The molecule has 5 nitrogen and oxygen atoms in total. The minimum atomic E-state index is -0.143. The summed E-state index contributed by atoms with van der Waals surface area (Å²) in [6.07, 6.45) is 16.6. The van der Waals surface area contributed by atoms with E-state index in [0.29, 0.717) is 29.6 Å². The predicted octanol–water partition coefficient (Wildman–Crippen LogP) is 10.6. The second-order valence-electron chi connectivity index (χ2n) is 18.0. The third kappa shape index (κ3) is 4.41. The van der Waals surface area contributed by atoms with Crippen LogP contribution in [-0.4, -0.2) is 22.3 Å². The number of hydrogen-bond donors (Lipinski definition) is 0. The van der Waals surface area contributed by atoms with Gasteiger partial charge in [0.15, 0.2) is 0 Å². The Kier molecular flexibility index (Phi) is 7.67. The summed E-state index contributed by atoms with van der Waals surface area (Å²) in [7, 11) is 0. The van der Waals surface area contributed by atoms with Crippen molar-refractivity contribution < 1.29 is 13.9 Å². The molecule has 252 valence electrons. The number of ether oxygens (including phenoxy) is 1. The zero-order valence-corrected chi connectivity index (χ0v) is 30.7. The third-order valence-electron chi connectivity index (χ3n) is 15.5. The molecule has 0 bridgehead atoms. The van der Waals surface area contributed by atoms with Crippen molar-refractivity contribution >= 4 is 23.1 Å². The molecule has 0 saturated heterocycles. The summed E-state index contributed by atoms with van der Waals surface area (Å²) in [6, 6.07) is 0. The van der Waals surface area contributed by atoms with Crippen LogP contribution in [0.25, 0.3) is 5.57 Å². The summed E-state index contributed by atoms with van der Waals surface area (Å²) in [4.78, 5) is 12.1. The molecule has 0 spiro atoms. The molecule has 6 aliphatic carbocycles. The van der Waals surface area contributed by atoms with Gasteiger partial charge in [0, 0.05) is 22.9 Å². The number of allylic oxidation sites excluding steroid dienone is 6. The largest absolute Gasteiger partial charge is 0.462 e. The average molecular weight is 649 g/mol. The SMILES string of the molecule is CC(=O)O[C@H]1CC[C@]2(C)[C@H]3CC[C@@H]4C5=C(C(C)C)CC[C@]5(c5nnc(C6=CC=C(Cl)CC6C)o5)CC[C@@]4(C)[C@]3(C)CC[C@H]2C1(C)C. The number of hydrogen-bond acceptors (Lipinski definition) is 5. The fourth-order valence-electron chi connectivity index (χ4n) is 13.0. The molecule has 0 aromatic carbocycles. The van der Waals surface area contributed by atoms with E-state index in [4.69, 9.17) is 31.0 Å². The molecule has 46 heavy (non-hydrogen) atoms. The Labute approximate surface area is 282 Å². The molecular formula is C40H57ClN2O3. The number of esters is 1. The molecule has 0 aliphatic heterocycles. The molecule has 1 heterocycles. The number of aromatic nitrogens is 2. The van der Waals surface area contributed by atoms with Crippen molar-refractivity contribution in [2.45, 2.75) is 144 Å². The third-order valence-corrected chi connectivity index (χ3v) is 15.7. The summed E-state index contributed by atoms with van der Waals surface area (Å²) < 4.78 is 12.7. The lowest BCUT2D eigenvalue weighted by Crippen LogP contribution is -2.66. The highest BCUT2D eigenvalue weighted by molar-refractivity contribution is 6.30. The Morgan fingerprint density at radius 3 is 2.39 bits per heavy atom. The normalized spacial score (nSPS) is 43.2. The fraction of sp³-hybridized carbons (Fsp3) is 0.775. The van der Waals surface area contributed by atoms with E-state index in [2.05, 4.69) is 61.5 Å². The number of fused-ring (bicyclic) bond motifs is 7. The lowest BCUT2D eigenvalue weighted by Gasteiger charge is -2.72. The van der Waals surface area contributed by atoms with Gasteiger partial charge in [-0.25, -0.2) is 0 Å². The molecule has 9 atom stereocenters. The summed E-state index contributed by atoms with van der Waals surface area (Å²) in [6.45, 7) is 21.3. The Hall–Kier alpha value is -1.88. The summed E-state index contributed by atoms with van der Waals surface area (Å²) >= 11 is 6.36. The number of carbonyl (C=O) groups is 1. The first-order valence-corrected chi connectivity index (χ1v) is 18.8. The first-order chi connectivity index (χ1) is 21.6. The van der Waals surface area contributed by atoms with Crippen LogP contribution in [0.2, 0.25) is 0 Å². The molecular weight excluding hydrogens is 592 g/mol. The van der Waals surface area contributed by atoms with Gasteiger partial charge in [0.05, 0.1) is 5.41 Å². The molecule has 4 fully saturated rings. The first-order valence-electron chi connectivity index (χ1n) is 18.4. The minimum Gasteiger partial charge on any atom is -0.462 e. The standard InChI is InChI=1S/C40H57ClN2O3/c1-23(2)27-14-19-40(35-43-42-34(46-35)28-11-10-26(41)22-24(28)3)21-20-38(8)29(33(27)40)12-13-31-37(7)17-16-32(45-25(4)44)36(5,6)30(37)15-18-39(31,38)9/h10-11,23-24,29-32H,12-22H2,1-9H3/t24?,29-,30+,31-,32+,37+,38-,39-,40+/m1/s1. The average Bonchev–Trinajstić information content (AvgIpc) is 3.61. The monoisotopic (exact) mass is 648 g/mol. The van der Waals surface area contributed by atoms with Crippen LogP contribution in [0.15, 0.2) is 32.7 Å². The Morgan fingerprint density at radius 1 is 0.935 bits per heavy atom. The lowest BCUT2D eigenvalue weighted by molar-refractivity contribution is -0.231. The van der Waals surface area contributed by atoms with Crippen LogP contribution < -0.4 is 0 Å². The number of halogens is 1. The molecule has 6 aliphatic rings. The molecule has 1 unspecified atom stereocenters. The number of carbonyl (C=O) groups excluding carboxylic acids is 1. The van der Waals surface area contributed by atoms with E-state index in [1.807, 2.05) is 6.08 Å². The van der Waals surface area contributed by atoms with Crippen LogP contribution in [0, 0.1) is 51.2 Å². The number of rotatable bonds is 4. The van der Waals surface area contributed by atoms with Gasteiger partial charge in [0.1, 0.15) is 6.10 Å². The second-order valence-corrected chi connectivity index (χ2v) is 18.5. The van der Waals surface area contributed by atoms with E-state index in [1.165, 1.54) is 32.1 Å². The maximum atomic E-state index is 12.1. The second kappa shape index (κ2) is 10.8. The van der Waals surface area contributed by atoms with E-state index in [0.717, 1.165) is 55.0 Å². The molecule has 7 rings (SSSR count). The zero-order chi connectivity index (χ0) is 33.0. The molecule has 0 amide bonds. The van der Waals surface area contributed by atoms with Gasteiger partial charge in [-0.2, -0.15) is 0 Å². The van der Waals surface area contributed by atoms with Crippen molar-refractivity contribution in [1.82, 2.24) is 10.2 Å². The van der Waals surface area contributed by atoms with E-state index in [-0.39, 0.29) is 45.1 Å². The van der Waals surface area contributed by atoms with Gasteiger partial charge >= 0.3 is 5.97 Å². The summed E-state index contributed by atoms with van der Waals surface area (Å²) in [5.74, 6) is 3.96. The Bertz CT molecular complexity index is 1520. The topological polar surface area (TPSA) is 65.2 Å². The van der Waals surface area contributed by atoms with Gasteiger partial charge < -0.3 is 9.15 Å². The molecule has 1 aromatic heterocycles. The van der Waals surface area contributed by atoms with Crippen LogP contribution in [0.4, 0.5) is 0 Å². The van der Waals surface area contributed by atoms with Gasteiger partial charge in [-0.15, -0.1) is 10.2 Å². The highest BCUT2D eigenvalue weighted by atomic mass is 35.5. The van der Waals surface area contributed by atoms with Gasteiger partial charge in [-0.1, -0.05) is 84.2 Å². The zero-order valence-electron chi connectivity index (χ0n) is 29.9. The van der Waals surface area contributed by atoms with E-state index >= 15 is 0 Å². The maximum Gasteiger partial charge on any atom is 0.302 e. The van der Waals surface area contributed by atoms with Crippen LogP contribution in [0.3, 0.4) is 0 Å². The van der Waals surface area contributed by atoms with Gasteiger partial charge in [-0.05, 0) is 123 Å². The van der Waals surface area contributed by atoms with E-state index < -0.39 is 0 Å². The van der Waals surface area contributed by atoms with Gasteiger partial charge in [0.25, 0.3) is 0 Å². The van der Waals surface area contributed by atoms with Crippen molar-refractivity contribution in [1.29, 1.82) is 0 Å². The van der Waals surface area contributed by atoms with Crippen molar-refractivity contribution in [3.05, 3.63) is 40.1 Å². The van der Waals surface area contributed by atoms with Crippen molar-refractivity contribution in [3.63, 3.8) is 0 Å². The van der Waals surface area contributed by atoms with Crippen LogP contribution >= 0.6 is 11.6 Å². The molecule has 6 heteroatoms. The highest BCUT2D eigenvalue weighted by Crippen LogP contribution is 2.77. The quantitative estimate of drug-likeness (QED) is 0.240. The van der Waals surface area contributed by atoms with E-state index in [1.54, 1.807) is 18.1 Å². The molecule has 0 N–H and O–H groups in total. The smallest absolute Gasteiger partial charge is 0.302 e. The van der Waals surface area contributed by atoms with Crippen LogP contribution in [0.1, 0.15) is 145 Å². The van der Waals surface area contributed by atoms with Crippen LogP contribution in [-0.2, 0) is 14.9 Å². The fourth-order valence-corrected chi connectivity index (χ4v) is 13.3. The molecule has 4 saturated carbocycles. The summed E-state index contributed by atoms with van der Waals surface area (Å²) in [5, 5.41) is 10.5. The van der Waals surface area contributed by atoms with Gasteiger partial charge in [0.2, 0.25) is 11.8 Å². The van der Waals surface area contributed by atoms with Gasteiger partial charge in [-0.3, -0.25) is 4.79 Å². The van der Waals surface area contributed by atoms with Crippen LogP contribution in [0.5, 0.6) is 0 Å². The number of nitrogens with zero attached hydrogens (tertiary/aromatic N) is 2. The maximum absolute atomic E-state index is 12.1. The van der Waals surface area contributed by atoms with Crippen molar-refractivity contribution in [3.8, 4) is 0 Å². The molecule has 0 radical (unpaired) electrons. The van der Waals surface area contributed by atoms with E-state index in [9.17, 15) is 4.79 Å². The van der Waals surface area contributed by atoms with Crippen molar-refractivity contribution in [2.75, 3.05) is 0 Å². The summed E-state index contributed by atoms with van der Waals surface area (Å²) in [5.41, 5.74) is 5.03. The lowest BCUT2D eigenvalue weighted by atomic mass is 9.33.